The third kappa shape index (κ3) is 6.70. The molecule has 3 aliphatic rings. The Hall–Kier alpha value is -0.300. The van der Waals surface area contributed by atoms with E-state index in [0.717, 1.165) is 44.0 Å². The highest BCUT2D eigenvalue weighted by atomic mass is 127. The number of hydrogen-bond donors (Lipinski definition) is 2. The quantitative estimate of drug-likeness (QED) is 0.263. The van der Waals surface area contributed by atoms with Crippen molar-refractivity contribution in [1.82, 2.24) is 15.5 Å². The minimum atomic E-state index is 0. The molecule has 0 aromatic rings. The zero-order valence-corrected chi connectivity index (χ0v) is 19.1. The number of piperidine rings is 1. The SMILES string of the molecule is C=C(C)CN1CCC(NC(=NCC)NC2CC2C2CCCCC2)CC1.I. The van der Waals surface area contributed by atoms with E-state index in [-0.39, 0.29) is 24.0 Å². The number of hydrogen-bond acceptors (Lipinski definition) is 2. The van der Waals surface area contributed by atoms with E-state index < -0.39 is 0 Å². The Morgan fingerprint density at radius 1 is 1.08 bits per heavy atom. The lowest BCUT2D eigenvalue weighted by molar-refractivity contribution is 0.221. The zero-order chi connectivity index (χ0) is 17.6. The number of nitrogens with zero attached hydrogens (tertiary/aromatic N) is 2. The molecular weight excluding hydrogens is 435 g/mol. The Bertz CT molecular complexity index is 465. The monoisotopic (exact) mass is 474 g/mol. The Morgan fingerprint density at radius 2 is 1.77 bits per heavy atom. The molecule has 1 heterocycles. The molecule has 1 aliphatic heterocycles. The van der Waals surface area contributed by atoms with Crippen molar-refractivity contribution in [2.75, 3.05) is 26.2 Å². The van der Waals surface area contributed by atoms with E-state index in [9.17, 15) is 0 Å². The van der Waals surface area contributed by atoms with Gasteiger partial charge in [0.15, 0.2) is 5.96 Å². The molecule has 1 saturated heterocycles. The zero-order valence-electron chi connectivity index (χ0n) is 16.8. The van der Waals surface area contributed by atoms with Gasteiger partial charge in [-0.1, -0.05) is 44.3 Å². The highest BCUT2D eigenvalue weighted by Gasteiger charge is 2.43. The smallest absolute Gasteiger partial charge is 0.191 e. The maximum Gasteiger partial charge on any atom is 0.191 e. The van der Waals surface area contributed by atoms with Gasteiger partial charge in [-0.2, -0.15) is 0 Å². The summed E-state index contributed by atoms with van der Waals surface area (Å²) >= 11 is 0. The number of aliphatic imine (C=N–C) groups is 1. The van der Waals surface area contributed by atoms with Crippen LogP contribution < -0.4 is 10.6 Å². The van der Waals surface area contributed by atoms with Gasteiger partial charge in [-0.3, -0.25) is 9.89 Å². The van der Waals surface area contributed by atoms with Crippen molar-refractivity contribution < 1.29 is 0 Å². The van der Waals surface area contributed by atoms with Crippen LogP contribution in [0.25, 0.3) is 0 Å². The summed E-state index contributed by atoms with van der Waals surface area (Å²) in [6.07, 6.45) is 11.0. The van der Waals surface area contributed by atoms with Gasteiger partial charge in [-0.05, 0) is 44.9 Å². The number of rotatable bonds is 6. The minimum absolute atomic E-state index is 0. The van der Waals surface area contributed by atoms with Gasteiger partial charge in [0.1, 0.15) is 0 Å². The van der Waals surface area contributed by atoms with Gasteiger partial charge in [-0.15, -0.1) is 24.0 Å². The van der Waals surface area contributed by atoms with Gasteiger partial charge < -0.3 is 10.6 Å². The van der Waals surface area contributed by atoms with Crippen molar-refractivity contribution in [2.45, 2.75) is 77.3 Å². The molecule has 3 rings (SSSR count). The molecule has 4 nitrogen and oxygen atoms in total. The van der Waals surface area contributed by atoms with E-state index in [1.54, 1.807) is 0 Å². The topological polar surface area (TPSA) is 39.7 Å². The van der Waals surface area contributed by atoms with Crippen molar-refractivity contribution >= 4 is 29.9 Å². The number of nitrogens with one attached hydrogen (secondary N) is 2. The van der Waals surface area contributed by atoms with Gasteiger partial charge in [0.25, 0.3) is 0 Å². The predicted molar refractivity (Wildman–Crippen MR) is 122 cm³/mol. The molecule has 2 aliphatic carbocycles. The van der Waals surface area contributed by atoms with Crippen LogP contribution >= 0.6 is 24.0 Å². The summed E-state index contributed by atoms with van der Waals surface area (Å²) in [6.45, 7) is 12.5. The lowest BCUT2D eigenvalue weighted by Crippen LogP contribution is -2.49. The van der Waals surface area contributed by atoms with Crippen LogP contribution in [0.15, 0.2) is 17.1 Å². The van der Waals surface area contributed by atoms with Crippen molar-refractivity contribution in [3.63, 3.8) is 0 Å². The Balaban J connectivity index is 0.00000243. The third-order valence-corrected chi connectivity index (χ3v) is 6.16. The molecular formula is C21H39IN4. The second-order valence-corrected chi connectivity index (χ2v) is 8.52. The normalized spacial score (nSPS) is 28.3. The van der Waals surface area contributed by atoms with Crippen LogP contribution in [-0.4, -0.2) is 49.1 Å². The van der Waals surface area contributed by atoms with Crippen LogP contribution in [0.3, 0.4) is 0 Å². The van der Waals surface area contributed by atoms with Crippen LogP contribution in [0.5, 0.6) is 0 Å². The van der Waals surface area contributed by atoms with Crippen LogP contribution in [0.4, 0.5) is 0 Å². The maximum atomic E-state index is 4.71. The molecule has 2 N–H and O–H groups in total. The first kappa shape index (κ1) is 22.0. The molecule has 2 atom stereocenters. The van der Waals surface area contributed by atoms with Crippen LogP contribution in [0.1, 0.15) is 65.2 Å². The standard InChI is InChI=1S/C21H38N4.HI/c1-4-22-21(23-18-10-12-25(13-11-18)15-16(2)3)24-20-14-19(20)17-8-6-5-7-9-17;/h17-20H,2,4-15H2,1,3H3,(H2,22,23,24);1H. The average Bonchev–Trinajstić information content (AvgIpc) is 3.36. The summed E-state index contributed by atoms with van der Waals surface area (Å²) in [7, 11) is 0. The molecule has 0 amide bonds. The highest BCUT2D eigenvalue weighted by Crippen LogP contribution is 2.44. The molecule has 0 aromatic carbocycles. The fourth-order valence-electron chi connectivity index (χ4n) is 4.74. The Kier molecular flexibility index (Phi) is 9.21. The van der Waals surface area contributed by atoms with E-state index in [1.807, 2.05) is 0 Å². The summed E-state index contributed by atoms with van der Waals surface area (Å²) in [5.41, 5.74) is 1.27. The first-order valence-corrected chi connectivity index (χ1v) is 10.6. The van der Waals surface area contributed by atoms with E-state index in [1.165, 1.54) is 56.9 Å². The fraction of sp³-hybridized carbons (Fsp3) is 0.857. The van der Waals surface area contributed by atoms with Crippen LogP contribution in [-0.2, 0) is 0 Å². The lowest BCUT2D eigenvalue weighted by Gasteiger charge is -2.33. The van der Waals surface area contributed by atoms with Gasteiger partial charge in [0, 0.05) is 38.3 Å². The Morgan fingerprint density at radius 3 is 2.38 bits per heavy atom. The second-order valence-electron chi connectivity index (χ2n) is 8.52. The summed E-state index contributed by atoms with van der Waals surface area (Å²) < 4.78 is 0. The molecule has 3 fully saturated rings. The van der Waals surface area contributed by atoms with Crippen molar-refractivity contribution in [3.8, 4) is 0 Å². The molecule has 0 radical (unpaired) electrons. The molecule has 0 spiro atoms. The van der Waals surface area contributed by atoms with E-state index >= 15 is 0 Å². The summed E-state index contributed by atoms with van der Waals surface area (Å²) in [4.78, 5) is 7.23. The van der Waals surface area contributed by atoms with Gasteiger partial charge >= 0.3 is 0 Å². The van der Waals surface area contributed by atoms with E-state index in [0.29, 0.717) is 12.1 Å². The average molecular weight is 474 g/mol. The number of halogens is 1. The molecule has 2 saturated carbocycles. The summed E-state index contributed by atoms with van der Waals surface area (Å²) in [6, 6.07) is 1.23. The summed E-state index contributed by atoms with van der Waals surface area (Å²) in [5, 5.41) is 7.46. The minimum Gasteiger partial charge on any atom is -0.354 e. The van der Waals surface area contributed by atoms with Gasteiger partial charge in [-0.25, -0.2) is 0 Å². The first-order chi connectivity index (χ1) is 12.2. The largest absolute Gasteiger partial charge is 0.354 e. The van der Waals surface area contributed by atoms with Gasteiger partial charge in [0.2, 0.25) is 0 Å². The van der Waals surface area contributed by atoms with Crippen molar-refractivity contribution in [3.05, 3.63) is 12.2 Å². The Labute approximate surface area is 177 Å². The molecule has 150 valence electrons. The predicted octanol–water partition coefficient (Wildman–Crippen LogP) is 4.17. The number of likely N-dealkylation sites (tertiary alicyclic amines) is 1. The maximum absolute atomic E-state index is 4.71. The molecule has 2 unspecified atom stereocenters. The second kappa shape index (κ2) is 10.9. The van der Waals surface area contributed by atoms with E-state index in [2.05, 4.69) is 36.0 Å². The van der Waals surface area contributed by atoms with Crippen LogP contribution in [0, 0.1) is 11.8 Å². The highest BCUT2D eigenvalue weighted by molar-refractivity contribution is 14.0. The van der Waals surface area contributed by atoms with Crippen molar-refractivity contribution in [1.29, 1.82) is 0 Å². The van der Waals surface area contributed by atoms with Gasteiger partial charge in [0.05, 0.1) is 0 Å². The fourth-order valence-corrected chi connectivity index (χ4v) is 4.74. The van der Waals surface area contributed by atoms with Crippen molar-refractivity contribution in [2.24, 2.45) is 16.8 Å². The van der Waals surface area contributed by atoms with E-state index in [4.69, 9.17) is 4.99 Å². The molecule has 0 aromatic heterocycles. The third-order valence-electron chi connectivity index (χ3n) is 6.16. The number of guanidine groups is 1. The van der Waals surface area contributed by atoms with Crippen LogP contribution in [0.2, 0.25) is 0 Å². The molecule has 26 heavy (non-hydrogen) atoms. The first-order valence-electron chi connectivity index (χ1n) is 10.6. The summed E-state index contributed by atoms with van der Waals surface area (Å²) in [5.74, 6) is 2.94. The molecule has 5 heteroatoms. The lowest BCUT2D eigenvalue weighted by atomic mass is 9.85. The molecule has 0 bridgehead atoms.